The number of carbonyl (C=O) groups excluding carboxylic acids is 4. The first kappa shape index (κ1) is 40.9. The molecule has 0 bridgehead atoms. The van der Waals surface area contributed by atoms with E-state index in [9.17, 15) is 19.2 Å². The van der Waals surface area contributed by atoms with Crippen LogP contribution in [0.4, 0.5) is 9.59 Å². The van der Waals surface area contributed by atoms with Gasteiger partial charge in [-0.15, -0.1) is 11.3 Å². The first-order valence-electron chi connectivity index (χ1n) is 20.1. The van der Waals surface area contributed by atoms with Gasteiger partial charge in [0.2, 0.25) is 11.8 Å². The molecule has 3 fully saturated rings. The van der Waals surface area contributed by atoms with Gasteiger partial charge in [0.25, 0.3) is 0 Å². The van der Waals surface area contributed by atoms with Gasteiger partial charge in [-0.3, -0.25) is 9.59 Å². The fraction of sp³-hybridized carbons (Fsp3) is 0.488. The number of likely N-dealkylation sites (tertiary alicyclic amines) is 2. The van der Waals surface area contributed by atoms with Gasteiger partial charge in [-0.2, -0.15) is 0 Å². The minimum atomic E-state index is -0.746. The number of rotatable bonds is 11. The van der Waals surface area contributed by atoms with E-state index in [1.807, 2.05) is 43.7 Å². The summed E-state index contributed by atoms with van der Waals surface area (Å²) in [6, 6.07) is 14.8. The topological polar surface area (TPSA) is 168 Å². The van der Waals surface area contributed by atoms with Crippen molar-refractivity contribution in [3.05, 3.63) is 71.8 Å². The molecule has 5 atom stereocenters. The molecule has 0 unspecified atom stereocenters. The molecule has 1 spiro atoms. The quantitative estimate of drug-likeness (QED) is 0.143. The zero-order chi connectivity index (χ0) is 41.1. The van der Waals surface area contributed by atoms with Crippen LogP contribution in [0.3, 0.4) is 0 Å². The highest BCUT2D eigenvalue weighted by Gasteiger charge is 2.51. The lowest BCUT2D eigenvalue weighted by atomic mass is 9.96. The SMILES string of the molecule is COC(=O)N[C@H](C(=O)N1C[C@]2(CCCO2)C[C@H]1c1ncc(-c2ccc(-c3ccc(-c4cnc([C@@H]5CCCN5C(=O)[C@@H](NC(=O)OC)C(C)C)s4)cc3)cc2)[nH]1)C(C)C. The summed E-state index contributed by atoms with van der Waals surface area (Å²) in [4.78, 5) is 69.4. The molecule has 5 heterocycles. The van der Waals surface area contributed by atoms with Crippen molar-refractivity contribution in [3.63, 3.8) is 0 Å². The summed E-state index contributed by atoms with van der Waals surface area (Å²) >= 11 is 1.59. The molecule has 308 valence electrons. The maximum absolute atomic E-state index is 14.0. The number of ether oxygens (including phenoxy) is 3. The lowest BCUT2D eigenvalue weighted by Gasteiger charge is -2.30. The molecule has 3 saturated heterocycles. The summed E-state index contributed by atoms with van der Waals surface area (Å²) in [6.07, 6.45) is 6.54. The minimum absolute atomic E-state index is 0.0950. The molecule has 0 saturated carbocycles. The van der Waals surface area contributed by atoms with Gasteiger partial charge in [0.15, 0.2) is 0 Å². The van der Waals surface area contributed by atoms with Gasteiger partial charge in [0, 0.05) is 25.8 Å². The second-order valence-electron chi connectivity index (χ2n) is 16.1. The number of thiazole rings is 1. The zero-order valence-corrected chi connectivity index (χ0v) is 34.8. The van der Waals surface area contributed by atoms with Crippen LogP contribution < -0.4 is 10.6 Å². The number of alkyl carbamates (subject to hydrolysis) is 2. The number of aromatic nitrogens is 3. The molecule has 3 N–H and O–H groups in total. The normalized spacial score (nSPS) is 21.4. The third kappa shape index (κ3) is 8.46. The molecule has 4 amide bonds. The van der Waals surface area contributed by atoms with Gasteiger partial charge in [-0.05, 0) is 59.8 Å². The Bertz CT molecular complexity index is 2090. The fourth-order valence-corrected chi connectivity index (χ4v) is 9.48. The predicted octanol–water partition coefficient (Wildman–Crippen LogP) is 7.11. The third-order valence-electron chi connectivity index (χ3n) is 11.6. The van der Waals surface area contributed by atoms with E-state index in [2.05, 4.69) is 64.1 Å². The maximum Gasteiger partial charge on any atom is 0.407 e. The van der Waals surface area contributed by atoms with Crippen LogP contribution in [0.2, 0.25) is 0 Å². The van der Waals surface area contributed by atoms with Crippen LogP contribution in [-0.4, -0.2) is 100 Å². The number of nitrogens with one attached hydrogen (secondary N) is 3. The average Bonchev–Trinajstić information content (AvgIpc) is 4.09. The van der Waals surface area contributed by atoms with Gasteiger partial charge >= 0.3 is 12.2 Å². The van der Waals surface area contributed by atoms with Gasteiger partial charge in [0.1, 0.15) is 22.9 Å². The summed E-state index contributed by atoms with van der Waals surface area (Å²) in [5.41, 5.74) is 4.55. The van der Waals surface area contributed by atoms with E-state index in [0.717, 1.165) is 63.5 Å². The van der Waals surface area contributed by atoms with Crippen molar-refractivity contribution >= 4 is 35.3 Å². The van der Waals surface area contributed by atoms with E-state index in [1.54, 1.807) is 17.5 Å². The summed E-state index contributed by atoms with van der Waals surface area (Å²) in [5.74, 6) is 0.145. The number of amides is 4. The molecule has 3 aliphatic heterocycles. The zero-order valence-electron chi connectivity index (χ0n) is 33.9. The Morgan fingerprint density at radius 3 is 1.95 bits per heavy atom. The van der Waals surface area contributed by atoms with Crippen molar-refractivity contribution in [3.8, 4) is 32.8 Å². The Hall–Kier alpha value is -5.28. The second-order valence-corrected chi connectivity index (χ2v) is 17.2. The van der Waals surface area contributed by atoms with Gasteiger partial charge < -0.3 is 39.6 Å². The van der Waals surface area contributed by atoms with E-state index in [1.165, 1.54) is 14.2 Å². The summed E-state index contributed by atoms with van der Waals surface area (Å²) in [7, 11) is 2.59. The predicted molar refractivity (Wildman–Crippen MR) is 220 cm³/mol. The van der Waals surface area contributed by atoms with Crippen molar-refractivity contribution < 1.29 is 33.4 Å². The number of aromatic amines is 1. The molecule has 4 aromatic rings. The first-order valence-corrected chi connectivity index (χ1v) is 20.9. The maximum atomic E-state index is 14.0. The Morgan fingerprint density at radius 1 is 0.793 bits per heavy atom. The number of hydrogen-bond donors (Lipinski definition) is 3. The van der Waals surface area contributed by atoms with Crippen molar-refractivity contribution in [2.45, 2.75) is 89.6 Å². The second kappa shape index (κ2) is 17.3. The van der Waals surface area contributed by atoms with Crippen LogP contribution in [0.15, 0.2) is 60.9 Å². The van der Waals surface area contributed by atoms with Crippen molar-refractivity contribution in [1.82, 2.24) is 35.4 Å². The van der Waals surface area contributed by atoms with Crippen molar-refractivity contribution in [1.29, 1.82) is 0 Å². The van der Waals surface area contributed by atoms with E-state index in [0.29, 0.717) is 31.9 Å². The average molecular weight is 812 g/mol. The molecule has 14 nitrogen and oxygen atoms in total. The number of benzene rings is 2. The van der Waals surface area contributed by atoms with Crippen LogP contribution in [0.5, 0.6) is 0 Å². The molecule has 3 aliphatic rings. The van der Waals surface area contributed by atoms with Gasteiger partial charge in [-0.1, -0.05) is 76.2 Å². The lowest BCUT2D eigenvalue weighted by Crippen LogP contribution is -2.51. The van der Waals surface area contributed by atoms with Gasteiger partial charge in [0.05, 0.1) is 55.2 Å². The highest BCUT2D eigenvalue weighted by atomic mass is 32.1. The van der Waals surface area contributed by atoms with Crippen molar-refractivity contribution in [2.24, 2.45) is 11.8 Å². The van der Waals surface area contributed by atoms with Crippen LogP contribution in [0.25, 0.3) is 32.8 Å². The van der Waals surface area contributed by atoms with Crippen LogP contribution in [0.1, 0.15) is 82.7 Å². The number of imidazole rings is 1. The number of hydrogen-bond acceptors (Lipinski definition) is 10. The standard InChI is InChI=1S/C43H53N7O7S/c1-25(2)35(47-41(53)55-5)39(51)49-19-7-9-32(49)38-45-23-34(58-38)30-16-12-28(13-17-30)27-10-14-29(15-11-27)31-22-44-37(46-31)33-21-43(18-8-20-57-43)24-50(33)40(52)36(26(3)4)48-42(54)56-6/h10-17,22-23,25-26,32-33,35-36H,7-9,18-21,24H2,1-6H3,(H,44,46)(H,47,53)(H,48,54)/t32-,33-,35-,36-,43-/m0/s1. The minimum Gasteiger partial charge on any atom is -0.453 e. The monoisotopic (exact) mass is 811 g/mol. The number of H-pyrrole nitrogens is 1. The molecule has 15 heteroatoms. The fourth-order valence-electron chi connectivity index (χ4n) is 8.40. The van der Waals surface area contributed by atoms with Crippen LogP contribution in [0, 0.1) is 11.8 Å². The molecule has 2 aromatic carbocycles. The Kier molecular flexibility index (Phi) is 12.2. The third-order valence-corrected chi connectivity index (χ3v) is 12.8. The molecule has 0 aliphatic carbocycles. The van der Waals surface area contributed by atoms with E-state index in [4.69, 9.17) is 24.2 Å². The van der Waals surface area contributed by atoms with E-state index >= 15 is 0 Å². The molecule has 2 aromatic heterocycles. The first-order chi connectivity index (χ1) is 27.9. The molecule has 58 heavy (non-hydrogen) atoms. The smallest absolute Gasteiger partial charge is 0.407 e. The Labute approximate surface area is 343 Å². The van der Waals surface area contributed by atoms with Crippen molar-refractivity contribution in [2.75, 3.05) is 33.9 Å². The number of nitrogens with zero attached hydrogens (tertiary/aromatic N) is 4. The molecular weight excluding hydrogens is 759 g/mol. The van der Waals surface area contributed by atoms with Crippen LogP contribution in [-0.2, 0) is 23.8 Å². The van der Waals surface area contributed by atoms with Crippen LogP contribution >= 0.6 is 11.3 Å². The highest BCUT2D eigenvalue weighted by molar-refractivity contribution is 7.15. The van der Waals surface area contributed by atoms with Gasteiger partial charge in [-0.25, -0.2) is 19.6 Å². The highest BCUT2D eigenvalue weighted by Crippen LogP contribution is 2.45. The van der Waals surface area contributed by atoms with E-state index in [-0.39, 0.29) is 35.7 Å². The molecule has 0 radical (unpaired) electrons. The Balaban J connectivity index is 1.03. The Morgan fingerprint density at radius 2 is 1.38 bits per heavy atom. The molecule has 7 rings (SSSR count). The summed E-state index contributed by atoms with van der Waals surface area (Å²) in [5, 5.41) is 6.33. The number of carbonyl (C=O) groups is 4. The molecular formula is C43H53N7O7S. The largest absolute Gasteiger partial charge is 0.453 e. The van der Waals surface area contributed by atoms with E-state index < -0.39 is 29.9 Å². The summed E-state index contributed by atoms with van der Waals surface area (Å²) in [6.45, 7) is 9.34. The number of methoxy groups -OCH3 is 2. The lowest BCUT2D eigenvalue weighted by molar-refractivity contribution is -0.136. The summed E-state index contributed by atoms with van der Waals surface area (Å²) < 4.78 is 15.8.